The number of anilines is 1. The fraction of sp³-hybridized carbons (Fsp3) is 0.583. The van der Waals surface area contributed by atoms with Crippen LogP contribution in [0, 0.1) is 5.41 Å². The van der Waals surface area contributed by atoms with Crippen LogP contribution in [0.25, 0.3) is 0 Å². The summed E-state index contributed by atoms with van der Waals surface area (Å²) in [6.07, 6.45) is 7.06. The lowest BCUT2D eigenvalue weighted by molar-refractivity contribution is 0.361. The molecular formula is C12H16BrClN2. The van der Waals surface area contributed by atoms with Gasteiger partial charge in [0, 0.05) is 17.2 Å². The third kappa shape index (κ3) is 2.89. The third-order valence-electron chi connectivity index (χ3n) is 3.30. The SMILES string of the molecule is CC1(CNc2ncc(Br)cc2Cl)CCCC1. The van der Waals surface area contributed by atoms with E-state index in [1.807, 2.05) is 6.07 Å². The fourth-order valence-corrected chi connectivity index (χ4v) is 2.94. The van der Waals surface area contributed by atoms with Gasteiger partial charge in [0.15, 0.2) is 0 Å². The molecule has 88 valence electrons. The first-order valence-corrected chi connectivity index (χ1v) is 6.81. The first kappa shape index (κ1) is 12.2. The van der Waals surface area contributed by atoms with Crippen molar-refractivity contribution in [3.63, 3.8) is 0 Å². The van der Waals surface area contributed by atoms with Crippen LogP contribution in [-0.4, -0.2) is 11.5 Å². The van der Waals surface area contributed by atoms with Crippen LogP contribution in [0.2, 0.25) is 5.02 Å². The van der Waals surface area contributed by atoms with Crippen LogP contribution in [0.5, 0.6) is 0 Å². The van der Waals surface area contributed by atoms with Crippen LogP contribution in [-0.2, 0) is 0 Å². The van der Waals surface area contributed by atoms with E-state index < -0.39 is 0 Å². The average Bonchev–Trinajstić information content (AvgIpc) is 2.64. The molecule has 1 aliphatic carbocycles. The number of nitrogens with one attached hydrogen (secondary N) is 1. The highest BCUT2D eigenvalue weighted by atomic mass is 79.9. The van der Waals surface area contributed by atoms with Crippen molar-refractivity contribution in [2.75, 3.05) is 11.9 Å². The lowest BCUT2D eigenvalue weighted by atomic mass is 9.89. The maximum Gasteiger partial charge on any atom is 0.144 e. The molecule has 0 bridgehead atoms. The van der Waals surface area contributed by atoms with Crippen LogP contribution in [0.1, 0.15) is 32.6 Å². The monoisotopic (exact) mass is 302 g/mol. The predicted molar refractivity (Wildman–Crippen MR) is 72.0 cm³/mol. The molecule has 1 aliphatic rings. The number of nitrogens with zero attached hydrogens (tertiary/aromatic N) is 1. The van der Waals surface area contributed by atoms with Gasteiger partial charge in [-0.2, -0.15) is 0 Å². The van der Waals surface area contributed by atoms with Crippen molar-refractivity contribution in [2.24, 2.45) is 5.41 Å². The van der Waals surface area contributed by atoms with Gasteiger partial charge in [-0.1, -0.05) is 31.4 Å². The molecule has 0 aliphatic heterocycles. The Morgan fingerprint density at radius 2 is 2.19 bits per heavy atom. The van der Waals surface area contributed by atoms with E-state index in [1.165, 1.54) is 25.7 Å². The van der Waals surface area contributed by atoms with Gasteiger partial charge in [-0.15, -0.1) is 0 Å². The first-order valence-electron chi connectivity index (χ1n) is 5.64. The predicted octanol–water partition coefficient (Wildman–Crippen LogP) is 4.49. The van der Waals surface area contributed by atoms with E-state index in [0.717, 1.165) is 16.8 Å². The maximum atomic E-state index is 6.11. The van der Waals surface area contributed by atoms with Gasteiger partial charge in [-0.3, -0.25) is 0 Å². The average molecular weight is 304 g/mol. The molecule has 1 aromatic rings. The number of halogens is 2. The lowest BCUT2D eigenvalue weighted by Crippen LogP contribution is -2.23. The first-order chi connectivity index (χ1) is 7.59. The molecule has 16 heavy (non-hydrogen) atoms. The molecule has 1 aromatic heterocycles. The molecule has 0 unspecified atom stereocenters. The summed E-state index contributed by atoms with van der Waals surface area (Å²) in [6.45, 7) is 3.29. The number of pyridine rings is 1. The molecular weight excluding hydrogens is 288 g/mol. The van der Waals surface area contributed by atoms with Gasteiger partial charge >= 0.3 is 0 Å². The van der Waals surface area contributed by atoms with Crippen LogP contribution in [0.3, 0.4) is 0 Å². The quantitative estimate of drug-likeness (QED) is 0.890. The van der Waals surface area contributed by atoms with Crippen molar-refractivity contribution in [1.29, 1.82) is 0 Å². The van der Waals surface area contributed by atoms with Gasteiger partial charge in [0.25, 0.3) is 0 Å². The van der Waals surface area contributed by atoms with E-state index >= 15 is 0 Å². The van der Waals surface area contributed by atoms with Gasteiger partial charge in [-0.25, -0.2) is 4.98 Å². The molecule has 1 saturated carbocycles. The van der Waals surface area contributed by atoms with Crippen molar-refractivity contribution < 1.29 is 0 Å². The highest BCUT2D eigenvalue weighted by Gasteiger charge is 2.28. The zero-order valence-electron chi connectivity index (χ0n) is 9.39. The van der Waals surface area contributed by atoms with Crippen LogP contribution >= 0.6 is 27.5 Å². The minimum absolute atomic E-state index is 0.415. The topological polar surface area (TPSA) is 24.9 Å². The highest BCUT2D eigenvalue weighted by molar-refractivity contribution is 9.10. The van der Waals surface area contributed by atoms with Crippen molar-refractivity contribution in [3.8, 4) is 0 Å². The third-order valence-corrected chi connectivity index (χ3v) is 4.02. The molecule has 1 heterocycles. The fourth-order valence-electron chi connectivity index (χ4n) is 2.25. The van der Waals surface area contributed by atoms with Crippen molar-refractivity contribution in [3.05, 3.63) is 21.8 Å². The van der Waals surface area contributed by atoms with E-state index in [0.29, 0.717) is 10.4 Å². The van der Waals surface area contributed by atoms with Crippen LogP contribution in [0.15, 0.2) is 16.7 Å². The second-order valence-electron chi connectivity index (χ2n) is 4.86. The summed E-state index contributed by atoms with van der Waals surface area (Å²) in [5.41, 5.74) is 0.415. The molecule has 2 nitrogen and oxygen atoms in total. The molecule has 0 atom stereocenters. The Morgan fingerprint density at radius 3 is 2.81 bits per heavy atom. The smallest absolute Gasteiger partial charge is 0.144 e. The van der Waals surface area contributed by atoms with E-state index in [1.54, 1.807) is 6.20 Å². The van der Waals surface area contributed by atoms with E-state index in [-0.39, 0.29) is 0 Å². The molecule has 4 heteroatoms. The van der Waals surface area contributed by atoms with Gasteiger partial charge < -0.3 is 5.32 Å². The zero-order valence-corrected chi connectivity index (χ0v) is 11.7. The highest BCUT2D eigenvalue weighted by Crippen LogP contribution is 2.37. The Balaban J connectivity index is 1.99. The van der Waals surface area contributed by atoms with Crippen molar-refractivity contribution >= 4 is 33.3 Å². The Morgan fingerprint density at radius 1 is 1.50 bits per heavy atom. The molecule has 1 fully saturated rings. The van der Waals surface area contributed by atoms with E-state index in [2.05, 4.69) is 33.2 Å². The summed E-state index contributed by atoms with van der Waals surface area (Å²) in [5, 5.41) is 4.04. The summed E-state index contributed by atoms with van der Waals surface area (Å²) in [4.78, 5) is 4.28. The molecule has 2 rings (SSSR count). The van der Waals surface area contributed by atoms with Crippen LogP contribution in [0.4, 0.5) is 5.82 Å². The Labute approximate surface area is 110 Å². The minimum Gasteiger partial charge on any atom is -0.368 e. The van der Waals surface area contributed by atoms with Crippen molar-refractivity contribution in [2.45, 2.75) is 32.6 Å². The van der Waals surface area contributed by atoms with Gasteiger partial charge in [0.2, 0.25) is 0 Å². The summed E-state index contributed by atoms with van der Waals surface area (Å²) in [5.74, 6) is 0.790. The molecule has 0 saturated heterocycles. The normalized spacial score (nSPS) is 18.7. The second-order valence-corrected chi connectivity index (χ2v) is 6.18. The Hall–Kier alpha value is -0.280. The molecule has 0 aromatic carbocycles. The zero-order chi connectivity index (χ0) is 11.6. The second kappa shape index (κ2) is 4.92. The Kier molecular flexibility index (Phi) is 3.75. The van der Waals surface area contributed by atoms with Gasteiger partial charge in [-0.05, 0) is 40.3 Å². The molecule has 1 N–H and O–H groups in total. The summed E-state index contributed by atoms with van der Waals surface area (Å²) < 4.78 is 0.912. The lowest BCUT2D eigenvalue weighted by Gasteiger charge is -2.24. The molecule has 0 spiro atoms. The maximum absolute atomic E-state index is 6.11. The Bertz CT molecular complexity index is 375. The van der Waals surface area contributed by atoms with Crippen LogP contribution < -0.4 is 5.32 Å². The molecule has 0 radical (unpaired) electrons. The summed E-state index contributed by atoms with van der Waals surface area (Å²) in [6, 6.07) is 1.87. The van der Waals surface area contributed by atoms with Crippen molar-refractivity contribution in [1.82, 2.24) is 4.98 Å². The number of rotatable bonds is 3. The molecule has 0 amide bonds. The van der Waals surface area contributed by atoms with Gasteiger partial charge in [0.1, 0.15) is 5.82 Å². The minimum atomic E-state index is 0.415. The van der Waals surface area contributed by atoms with E-state index in [4.69, 9.17) is 11.6 Å². The largest absolute Gasteiger partial charge is 0.368 e. The van der Waals surface area contributed by atoms with Gasteiger partial charge in [0.05, 0.1) is 5.02 Å². The van der Waals surface area contributed by atoms with E-state index in [9.17, 15) is 0 Å². The standard InChI is InChI=1S/C12H16BrClN2/c1-12(4-2-3-5-12)8-16-11-10(14)6-9(13)7-15-11/h6-7H,2-5,8H2,1H3,(H,15,16). The summed E-state index contributed by atoms with van der Waals surface area (Å²) in [7, 11) is 0. The number of hydrogen-bond acceptors (Lipinski definition) is 2. The number of hydrogen-bond donors (Lipinski definition) is 1. The summed E-state index contributed by atoms with van der Waals surface area (Å²) >= 11 is 9.45. The number of aromatic nitrogens is 1.